The summed E-state index contributed by atoms with van der Waals surface area (Å²) < 4.78 is 5.54. The molecule has 0 radical (unpaired) electrons. The number of ether oxygens (including phenoxy) is 1. The van der Waals surface area contributed by atoms with E-state index in [2.05, 4.69) is 23.8 Å². The fourth-order valence-electron chi connectivity index (χ4n) is 1.38. The molecule has 74 valence electrons. The fourth-order valence-corrected chi connectivity index (χ4v) is 1.38. The van der Waals surface area contributed by atoms with Gasteiger partial charge in [-0.05, 0) is 18.1 Å². The third-order valence-corrected chi connectivity index (χ3v) is 2.37. The highest BCUT2D eigenvalue weighted by Crippen LogP contribution is 2.16. The average Bonchev–Trinajstić information content (AvgIpc) is 2.68. The van der Waals surface area contributed by atoms with Gasteiger partial charge in [-0.2, -0.15) is 0 Å². The third-order valence-electron chi connectivity index (χ3n) is 2.37. The molecule has 3 nitrogen and oxygen atoms in total. The van der Waals surface area contributed by atoms with E-state index in [1.807, 2.05) is 12.1 Å². The minimum Gasteiger partial charge on any atom is -0.475 e. The molecule has 1 aliphatic rings. The smallest absolute Gasteiger partial charge is 0.216 e. The molecule has 0 aliphatic carbocycles. The second-order valence-electron chi connectivity index (χ2n) is 3.79. The minimum absolute atomic E-state index is 0.304. The first-order chi connectivity index (χ1) is 6.77. The van der Waals surface area contributed by atoms with Crippen LogP contribution in [0.5, 0.6) is 0 Å². The lowest BCUT2D eigenvalue weighted by molar-refractivity contribution is 0.292. The second kappa shape index (κ2) is 3.78. The van der Waals surface area contributed by atoms with Crippen LogP contribution in [0, 0.1) is 5.92 Å². The van der Waals surface area contributed by atoms with Crippen molar-refractivity contribution < 1.29 is 4.74 Å². The zero-order valence-electron chi connectivity index (χ0n) is 8.47. The number of hydrogen-bond acceptors (Lipinski definition) is 3. The SMILES string of the molecule is CC(C)[C@H]1COC(c2ccncc2)=N1. The molecule has 2 heterocycles. The summed E-state index contributed by atoms with van der Waals surface area (Å²) in [7, 11) is 0. The van der Waals surface area contributed by atoms with E-state index in [9.17, 15) is 0 Å². The molecule has 0 bridgehead atoms. The summed E-state index contributed by atoms with van der Waals surface area (Å²) in [6.45, 7) is 5.02. The average molecular weight is 190 g/mol. The lowest BCUT2D eigenvalue weighted by atomic mass is 10.1. The monoisotopic (exact) mass is 190 g/mol. The number of hydrogen-bond donors (Lipinski definition) is 0. The zero-order chi connectivity index (χ0) is 9.97. The minimum atomic E-state index is 0.304. The van der Waals surface area contributed by atoms with Crippen molar-refractivity contribution in [1.82, 2.24) is 4.98 Å². The van der Waals surface area contributed by atoms with Gasteiger partial charge < -0.3 is 4.74 Å². The lowest BCUT2D eigenvalue weighted by Crippen LogP contribution is -2.13. The van der Waals surface area contributed by atoms with Gasteiger partial charge in [0.15, 0.2) is 0 Å². The maximum absolute atomic E-state index is 5.54. The van der Waals surface area contributed by atoms with Gasteiger partial charge in [-0.25, -0.2) is 4.99 Å². The first-order valence-corrected chi connectivity index (χ1v) is 4.88. The quantitative estimate of drug-likeness (QED) is 0.713. The number of aromatic nitrogens is 1. The van der Waals surface area contributed by atoms with Crippen LogP contribution in [-0.2, 0) is 4.74 Å². The van der Waals surface area contributed by atoms with Gasteiger partial charge in [0, 0.05) is 18.0 Å². The number of nitrogens with zero attached hydrogens (tertiary/aromatic N) is 2. The molecule has 1 aliphatic heterocycles. The summed E-state index contributed by atoms with van der Waals surface area (Å²) in [5, 5.41) is 0. The predicted molar refractivity (Wildman–Crippen MR) is 55.4 cm³/mol. The van der Waals surface area contributed by atoms with E-state index in [-0.39, 0.29) is 0 Å². The van der Waals surface area contributed by atoms with Gasteiger partial charge in [0.1, 0.15) is 6.61 Å². The summed E-state index contributed by atoms with van der Waals surface area (Å²) in [6, 6.07) is 4.14. The maximum atomic E-state index is 5.54. The van der Waals surface area contributed by atoms with Gasteiger partial charge in [0.2, 0.25) is 5.90 Å². The first-order valence-electron chi connectivity index (χ1n) is 4.88. The fraction of sp³-hybridized carbons (Fsp3) is 0.455. The van der Waals surface area contributed by atoms with Crippen molar-refractivity contribution in [1.29, 1.82) is 0 Å². The topological polar surface area (TPSA) is 34.5 Å². The van der Waals surface area contributed by atoms with Crippen molar-refractivity contribution in [3.63, 3.8) is 0 Å². The molecule has 0 aromatic carbocycles. The number of pyridine rings is 1. The molecule has 0 saturated carbocycles. The van der Waals surface area contributed by atoms with Crippen molar-refractivity contribution in [3.8, 4) is 0 Å². The lowest BCUT2D eigenvalue weighted by Gasteiger charge is -2.06. The standard InChI is InChI=1S/C11H14N2O/c1-8(2)10-7-14-11(13-10)9-3-5-12-6-4-9/h3-6,8,10H,7H2,1-2H3/t10-/m1/s1. The van der Waals surface area contributed by atoms with Gasteiger partial charge >= 0.3 is 0 Å². The van der Waals surface area contributed by atoms with Crippen LogP contribution < -0.4 is 0 Å². The van der Waals surface area contributed by atoms with Gasteiger partial charge in [0.05, 0.1) is 6.04 Å². The highest BCUT2D eigenvalue weighted by atomic mass is 16.5. The van der Waals surface area contributed by atoms with Crippen LogP contribution in [0.2, 0.25) is 0 Å². The Morgan fingerprint density at radius 3 is 2.64 bits per heavy atom. The number of aliphatic imine (C=N–C) groups is 1. The Labute approximate surface area is 83.8 Å². The van der Waals surface area contributed by atoms with Crippen LogP contribution in [0.4, 0.5) is 0 Å². The van der Waals surface area contributed by atoms with E-state index >= 15 is 0 Å². The van der Waals surface area contributed by atoms with Crippen molar-refractivity contribution in [2.75, 3.05) is 6.61 Å². The van der Waals surface area contributed by atoms with Crippen molar-refractivity contribution >= 4 is 5.90 Å². The molecular formula is C11H14N2O. The van der Waals surface area contributed by atoms with Gasteiger partial charge in [-0.1, -0.05) is 13.8 Å². The molecule has 2 rings (SSSR count). The molecule has 0 unspecified atom stereocenters. The van der Waals surface area contributed by atoms with E-state index in [1.165, 1.54) is 0 Å². The summed E-state index contributed by atoms with van der Waals surface area (Å²) in [6.07, 6.45) is 3.51. The Balaban J connectivity index is 2.18. The van der Waals surface area contributed by atoms with Gasteiger partial charge in [-0.15, -0.1) is 0 Å². The normalized spacial score (nSPS) is 20.8. The molecule has 1 atom stereocenters. The van der Waals surface area contributed by atoms with Crippen LogP contribution in [0.25, 0.3) is 0 Å². The second-order valence-corrected chi connectivity index (χ2v) is 3.79. The molecule has 0 saturated heterocycles. The van der Waals surface area contributed by atoms with Crippen LogP contribution in [0.3, 0.4) is 0 Å². The Hall–Kier alpha value is -1.38. The molecule has 1 aromatic rings. The maximum Gasteiger partial charge on any atom is 0.216 e. The largest absolute Gasteiger partial charge is 0.475 e. The summed E-state index contributed by atoms with van der Waals surface area (Å²) >= 11 is 0. The molecule has 0 fully saturated rings. The molecule has 1 aromatic heterocycles. The molecule has 0 spiro atoms. The molecule has 3 heteroatoms. The third kappa shape index (κ3) is 1.76. The van der Waals surface area contributed by atoms with Crippen LogP contribution >= 0.6 is 0 Å². The molecule has 0 amide bonds. The molecular weight excluding hydrogens is 176 g/mol. The van der Waals surface area contributed by atoms with E-state index < -0.39 is 0 Å². The van der Waals surface area contributed by atoms with Crippen LogP contribution in [0.1, 0.15) is 19.4 Å². The first kappa shape index (κ1) is 9.19. The highest BCUT2D eigenvalue weighted by molar-refractivity contribution is 5.94. The molecule has 0 N–H and O–H groups in total. The van der Waals surface area contributed by atoms with Gasteiger partial charge in [0.25, 0.3) is 0 Å². The Morgan fingerprint density at radius 1 is 1.36 bits per heavy atom. The summed E-state index contributed by atoms with van der Waals surface area (Å²) in [4.78, 5) is 8.48. The highest BCUT2D eigenvalue weighted by Gasteiger charge is 2.22. The van der Waals surface area contributed by atoms with Crippen molar-refractivity contribution in [3.05, 3.63) is 30.1 Å². The van der Waals surface area contributed by atoms with E-state index in [0.717, 1.165) is 11.5 Å². The Bertz CT molecular complexity index is 332. The Morgan fingerprint density at radius 2 is 2.07 bits per heavy atom. The van der Waals surface area contributed by atoms with E-state index in [1.54, 1.807) is 12.4 Å². The van der Waals surface area contributed by atoms with E-state index in [4.69, 9.17) is 4.74 Å². The van der Waals surface area contributed by atoms with Gasteiger partial charge in [-0.3, -0.25) is 4.98 Å². The van der Waals surface area contributed by atoms with Crippen LogP contribution in [0.15, 0.2) is 29.5 Å². The van der Waals surface area contributed by atoms with Crippen molar-refractivity contribution in [2.24, 2.45) is 10.9 Å². The summed E-state index contributed by atoms with van der Waals surface area (Å²) in [5.41, 5.74) is 1.02. The summed E-state index contributed by atoms with van der Waals surface area (Å²) in [5.74, 6) is 1.29. The van der Waals surface area contributed by atoms with Crippen LogP contribution in [-0.4, -0.2) is 23.5 Å². The zero-order valence-corrected chi connectivity index (χ0v) is 8.47. The van der Waals surface area contributed by atoms with Crippen molar-refractivity contribution in [2.45, 2.75) is 19.9 Å². The number of rotatable bonds is 2. The Kier molecular flexibility index (Phi) is 2.48. The van der Waals surface area contributed by atoms with E-state index in [0.29, 0.717) is 18.6 Å². The molecule has 14 heavy (non-hydrogen) atoms. The predicted octanol–water partition coefficient (Wildman–Crippen LogP) is 1.88.